The number of nitriles is 1. The summed E-state index contributed by atoms with van der Waals surface area (Å²) in [5.74, 6) is 1.29. The summed E-state index contributed by atoms with van der Waals surface area (Å²) in [6, 6.07) is 7.95. The SMILES string of the molecule is CNCCCc1cc(-c2cnc(-n3ncc4cc(C#N)cnc43)cc2NC(C)C)on1. The second-order valence-electron chi connectivity index (χ2n) is 7.58. The minimum Gasteiger partial charge on any atom is -0.382 e. The summed E-state index contributed by atoms with van der Waals surface area (Å²) in [6.07, 6.45) is 6.81. The molecule has 158 valence electrons. The molecule has 0 spiro atoms. The van der Waals surface area contributed by atoms with Gasteiger partial charge in [0.2, 0.25) is 0 Å². The lowest BCUT2D eigenvalue weighted by atomic mass is 10.1. The summed E-state index contributed by atoms with van der Waals surface area (Å²) < 4.78 is 7.28. The molecule has 0 radical (unpaired) electrons. The highest BCUT2D eigenvalue weighted by atomic mass is 16.5. The van der Waals surface area contributed by atoms with Crippen molar-refractivity contribution in [2.24, 2.45) is 0 Å². The lowest BCUT2D eigenvalue weighted by Gasteiger charge is -2.14. The number of hydrogen-bond acceptors (Lipinski definition) is 8. The van der Waals surface area contributed by atoms with Crippen molar-refractivity contribution < 1.29 is 4.52 Å². The van der Waals surface area contributed by atoms with E-state index in [0.717, 1.165) is 41.7 Å². The van der Waals surface area contributed by atoms with Gasteiger partial charge < -0.3 is 15.2 Å². The van der Waals surface area contributed by atoms with Crippen LogP contribution in [-0.2, 0) is 6.42 Å². The predicted octanol–water partition coefficient (Wildman–Crippen LogP) is 3.31. The number of aromatic nitrogens is 5. The van der Waals surface area contributed by atoms with Gasteiger partial charge in [0.05, 0.1) is 28.7 Å². The largest absolute Gasteiger partial charge is 0.382 e. The summed E-state index contributed by atoms with van der Waals surface area (Å²) in [6.45, 7) is 5.07. The lowest BCUT2D eigenvalue weighted by Crippen LogP contribution is -2.12. The summed E-state index contributed by atoms with van der Waals surface area (Å²) >= 11 is 0. The highest BCUT2D eigenvalue weighted by Crippen LogP contribution is 2.31. The van der Waals surface area contributed by atoms with Crippen molar-refractivity contribution in [2.75, 3.05) is 18.9 Å². The average Bonchev–Trinajstić information content (AvgIpc) is 3.40. The van der Waals surface area contributed by atoms with Gasteiger partial charge in [-0.15, -0.1) is 0 Å². The molecule has 0 atom stereocenters. The maximum Gasteiger partial charge on any atom is 0.170 e. The van der Waals surface area contributed by atoms with Crippen molar-refractivity contribution in [3.05, 3.63) is 48.0 Å². The molecule has 4 aromatic heterocycles. The predicted molar refractivity (Wildman–Crippen MR) is 118 cm³/mol. The molecule has 0 aliphatic heterocycles. The van der Waals surface area contributed by atoms with Crippen LogP contribution in [0.4, 0.5) is 5.69 Å². The van der Waals surface area contributed by atoms with E-state index in [1.54, 1.807) is 23.1 Å². The number of fused-ring (bicyclic) bond motifs is 1. The third kappa shape index (κ3) is 4.39. The topological polar surface area (TPSA) is 117 Å². The molecule has 4 rings (SSSR count). The number of nitrogens with one attached hydrogen (secondary N) is 2. The van der Waals surface area contributed by atoms with Gasteiger partial charge in [0.1, 0.15) is 6.07 Å². The fourth-order valence-corrected chi connectivity index (χ4v) is 3.34. The van der Waals surface area contributed by atoms with E-state index >= 15 is 0 Å². The van der Waals surface area contributed by atoms with Crippen molar-refractivity contribution in [2.45, 2.75) is 32.7 Å². The number of rotatable bonds is 8. The molecule has 0 aliphatic carbocycles. The Bertz CT molecular complexity index is 1230. The Morgan fingerprint density at radius 3 is 2.81 bits per heavy atom. The van der Waals surface area contributed by atoms with Gasteiger partial charge in [-0.3, -0.25) is 0 Å². The molecule has 0 saturated carbocycles. The maximum atomic E-state index is 9.09. The average molecular weight is 416 g/mol. The van der Waals surface area contributed by atoms with Crippen molar-refractivity contribution in [3.63, 3.8) is 0 Å². The van der Waals surface area contributed by atoms with E-state index in [-0.39, 0.29) is 6.04 Å². The Kier molecular flexibility index (Phi) is 5.91. The van der Waals surface area contributed by atoms with Gasteiger partial charge in [0.25, 0.3) is 0 Å². The molecular formula is C22H24N8O. The summed E-state index contributed by atoms with van der Waals surface area (Å²) in [7, 11) is 1.94. The molecule has 0 fully saturated rings. The molecule has 4 heterocycles. The van der Waals surface area contributed by atoms with Crippen LogP contribution in [0.2, 0.25) is 0 Å². The van der Waals surface area contributed by atoms with E-state index in [1.807, 2.05) is 19.2 Å². The standard InChI is InChI=1S/C22H24N8O/c1-14(2)28-19-9-21(30-22-16(12-27-30)7-15(10-23)11-26-22)25-13-18(19)20-8-17(29-31-20)5-4-6-24-3/h7-9,11-14,24H,4-6H2,1-3H3,(H,25,28). The number of nitrogens with zero attached hydrogens (tertiary/aromatic N) is 6. The van der Waals surface area contributed by atoms with Gasteiger partial charge in [-0.25, -0.2) is 9.97 Å². The van der Waals surface area contributed by atoms with E-state index in [4.69, 9.17) is 9.78 Å². The smallest absolute Gasteiger partial charge is 0.170 e. The monoisotopic (exact) mass is 416 g/mol. The number of anilines is 1. The minimum absolute atomic E-state index is 0.206. The molecule has 9 heteroatoms. The van der Waals surface area contributed by atoms with Crippen LogP contribution in [-0.4, -0.2) is 44.5 Å². The van der Waals surface area contributed by atoms with Crippen LogP contribution in [0.5, 0.6) is 0 Å². The van der Waals surface area contributed by atoms with Gasteiger partial charge in [-0.05, 0) is 46.3 Å². The van der Waals surface area contributed by atoms with E-state index in [1.165, 1.54) is 6.20 Å². The first-order valence-corrected chi connectivity index (χ1v) is 10.2. The second kappa shape index (κ2) is 8.93. The summed E-state index contributed by atoms with van der Waals surface area (Å²) in [4.78, 5) is 8.98. The number of aryl methyl sites for hydroxylation is 1. The molecule has 0 amide bonds. The Morgan fingerprint density at radius 1 is 1.16 bits per heavy atom. The van der Waals surface area contributed by atoms with E-state index in [0.29, 0.717) is 22.8 Å². The molecular weight excluding hydrogens is 392 g/mol. The highest BCUT2D eigenvalue weighted by Gasteiger charge is 2.16. The van der Waals surface area contributed by atoms with E-state index in [9.17, 15) is 0 Å². The van der Waals surface area contributed by atoms with Crippen LogP contribution >= 0.6 is 0 Å². The molecule has 0 aliphatic rings. The minimum atomic E-state index is 0.206. The first-order valence-electron chi connectivity index (χ1n) is 10.2. The summed E-state index contributed by atoms with van der Waals surface area (Å²) in [5.41, 5.74) is 3.76. The molecule has 0 aromatic carbocycles. The van der Waals surface area contributed by atoms with Gasteiger partial charge in [0, 0.05) is 36.0 Å². The van der Waals surface area contributed by atoms with Crippen molar-refractivity contribution in [1.82, 2.24) is 30.2 Å². The van der Waals surface area contributed by atoms with Crippen LogP contribution in [0.25, 0.3) is 28.2 Å². The summed E-state index contributed by atoms with van der Waals surface area (Å²) in [5, 5.41) is 25.1. The molecule has 0 unspecified atom stereocenters. The third-order valence-electron chi connectivity index (χ3n) is 4.77. The normalized spacial score (nSPS) is 11.2. The quantitative estimate of drug-likeness (QED) is 0.420. The van der Waals surface area contributed by atoms with E-state index < -0.39 is 0 Å². The maximum absolute atomic E-state index is 9.09. The van der Waals surface area contributed by atoms with Crippen LogP contribution in [0.3, 0.4) is 0 Å². The molecule has 4 aromatic rings. The van der Waals surface area contributed by atoms with Gasteiger partial charge in [-0.1, -0.05) is 5.16 Å². The Hall–Kier alpha value is -3.77. The van der Waals surface area contributed by atoms with Gasteiger partial charge in [-0.2, -0.15) is 15.0 Å². The molecule has 0 saturated heterocycles. The Balaban J connectivity index is 1.70. The first-order chi connectivity index (χ1) is 15.1. The van der Waals surface area contributed by atoms with Gasteiger partial charge >= 0.3 is 0 Å². The van der Waals surface area contributed by atoms with Crippen molar-refractivity contribution >= 4 is 16.7 Å². The fraction of sp³-hybridized carbons (Fsp3) is 0.318. The molecule has 2 N–H and O–H groups in total. The molecule has 0 bridgehead atoms. The van der Waals surface area contributed by atoms with Crippen LogP contribution < -0.4 is 10.6 Å². The molecule has 9 nitrogen and oxygen atoms in total. The van der Waals surface area contributed by atoms with Crippen molar-refractivity contribution in [3.8, 4) is 23.2 Å². The lowest BCUT2D eigenvalue weighted by molar-refractivity contribution is 0.422. The first kappa shape index (κ1) is 20.5. The third-order valence-corrected chi connectivity index (χ3v) is 4.77. The van der Waals surface area contributed by atoms with Crippen LogP contribution in [0.1, 0.15) is 31.5 Å². The number of pyridine rings is 2. The fourth-order valence-electron chi connectivity index (χ4n) is 3.34. The van der Waals surface area contributed by atoms with Crippen LogP contribution in [0.15, 0.2) is 41.3 Å². The van der Waals surface area contributed by atoms with Gasteiger partial charge in [0.15, 0.2) is 17.2 Å². The Labute approximate surface area is 180 Å². The van der Waals surface area contributed by atoms with Crippen molar-refractivity contribution in [1.29, 1.82) is 5.26 Å². The number of hydrogen-bond donors (Lipinski definition) is 2. The zero-order valence-corrected chi connectivity index (χ0v) is 17.8. The van der Waals surface area contributed by atoms with Crippen LogP contribution in [0, 0.1) is 11.3 Å². The Morgan fingerprint density at radius 2 is 2.03 bits per heavy atom. The zero-order chi connectivity index (χ0) is 21.8. The second-order valence-corrected chi connectivity index (χ2v) is 7.58. The zero-order valence-electron chi connectivity index (χ0n) is 17.8. The highest BCUT2D eigenvalue weighted by molar-refractivity contribution is 5.79. The molecule has 31 heavy (non-hydrogen) atoms. The van der Waals surface area contributed by atoms with E-state index in [2.05, 4.69) is 50.8 Å².